The van der Waals surface area contributed by atoms with Gasteiger partial charge in [-0.25, -0.2) is 4.98 Å². The van der Waals surface area contributed by atoms with E-state index in [2.05, 4.69) is 22.5 Å². The molecule has 1 aromatic carbocycles. The summed E-state index contributed by atoms with van der Waals surface area (Å²) in [6, 6.07) is 10.9. The molecule has 2 rings (SSSR count). The zero-order valence-electron chi connectivity index (χ0n) is 15.2. The third-order valence-electron chi connectivity index (χ3n) is 3.59. The number of hydrogen-bond donors (Lipinski definition) is 2. The second kappa shape index (κ2) is 9.67. The van der Waals surface area contributed by atoms with Crippen LogP contribution in [0.15, 0.2) is 42.6 Å². The van der Waals surface area contributed by atoms with Crippen LogP contribution in [-0.2, 0) is 0 Å². The maximum absolute atomic E-state index is 12.3. The Labute approximate surface area is 149 Å². The van der Waals surface area contributed by atoms with Gasteiger partial charge in [0, 0.05) is 12.2 Å². The van der Waals surface area contributed by atoms with Crippen molar-refractivity contribution in [3.8, 4) is 5.75 Å². The summed E-state index contributed by atoms with van der Waals surface area (Å²) in [5.74, 6) is 0.555. The Kier molecular flexibility index (Phi) is 7.26. The van der Waals surface area contributed by atoms with Gasteiger partial charge < -0.3 is 15.4 Å². The average Bonchev–Trinajstić information content (AvgIpc) is 2.60. The van der Waals surface area contributed by atoms with E-state index in [9.17, 15) is 4.79 Å². The predicted molar refractivity (Wildman–Crippen MR) is 102 cm³/mol. The summed E-state index contributed by atoms with van der Waals surface area (Å²) >= 11 is 0. The molecule has 2 N–H and O–H groups in total. The van der Waals surface area contributed by atoms with Gasteiger partial charge in [-0.15, -0.1) is 0 Å². The summed E-state index contributed by atoms with van der Waals surface area (Å²) in [4.78, 5) is 16.5. The van der Waals surface area contributed by atoms with Crippen LogP contribution in [0.4, 0.5) is 11.4 Å². The van der Waals surface area contributed by atoms with Crippen molar-refractivity contribution < 1.29 is 9.53 Å². The van der Waals surface area contributed by atoms with Crippen molar-refractivity contribution in [2.45, 2.75) is 46.1 Å². The van der Waals surface area contributed by atoms with Crippen LogP contribution in [0, 0.1) is 0 Å². The summed E-state index contributed by atoms with van der Waals surface area (Å²) in [6.07, 6.45) is 5.36. The summed E-state index contributed by atoms with van der Waals surface area (Å²) in [5.41, 5.74) is 2.04. The molecule has 0 fully saturated rings. The topological polar surface area (TPSA) is 63.2 Å². The number of ether oxygens (including phenoxy) is 1. The first-order valence-corrected chi connectivity index (χ1v) is 8.86. The van der Waals surface area contributed by atoms with Crippen molar-refractivity contribution in [3.05, 3.63) is 48.3 Å². The maximum Gasteiger partial charge on any atom is 0.274 e. The molecule has 0 aliphatic carbocycles. The second-order valence-electron chi connectivity index (χ2n) is 6.21. The number of carbonyl (C=O) groups is 1. The van der Waals surface area contributed by atoms with E-state index in [-0.39, 0.29) is 12.0 Å². The largest absolute Gasteiger partial charge is 0.491 e. The van der Waals surface area contributed by atoms with Crippen molar-refractivity contribution in [1.29, 1.82) is 0 Å². The summed E-state index contributed by atoms with van der Waals surface area (Å²) < 4.78 is 5.59. The number of nitrogens with zero attached hydrogens (tertiary/aromatic N) is 1. The van der Waals surface area contributed by atoms with Crippen molar-refractivity contribution in [1.82, 2.24) is 4.98 Å². The Hall–Kier alpha value is -2.56. The lowest BCUT2D eigenvalue weighted by atomic mass is 10.2. The predicted octanol–water partition coefficient (Wildman–Crippen LogP) is 4.72. The number of pyridine rings is 1. The first kappa shape index (κ1) is 18.8. The van der Waals surface area contributed by atoms with Gasteiger partial charge >= 0.3 is 0 Å². The third-order valence-corrected chi connectivity index (χ3v) is 3.59. The van der Waals surface area contributed by atoms with Crippen LogP contribution in [-0.4, -0.2) is 23.5 Å². The number of anilines is 2. The van der Waals surface area contributed by atoms with Gasteiger partial charge in [-0.05, 0) is 56.7 Å². The fraction of sp³-hybridized carbons (Fsp3) is 0.400. The normalized spacial score (nSPS) is 10.6. The van der Waals surface area contributed by atoms with E-state index in [0.29, 0.717) is 11.4 Å². The highest BCUT2D eigenvalue weighted by Gasteiger charge is 2.08. The number of benzene rings is 1. The van der Waals surface area contributed by atoms with Crippen molar-refractivity contribution in [2.24, 2.45) is 0 Å². The van der Waals surface area contributed by atoms with Gasteiger partial charge in [-0.3, -0.25) is 4.79 Å². The van der Waals surface area contributed by atoms with Crippen molar-refractivity contribution >= 4 is 17.3 Å². The van der Waals surface area contributed by atoms with E-state index in [0.717, 1.165) is 24.4 Å². The molecule has 1 heterocycles. The Bertz CT molecular complexity index is 652. The van der Waals surface area contributed by atoms with E-state index in [4.69, 9.17) is 4.74 Å². The van der Waals surface area contributed by atoms with Gasteiger partial charge in [0.05, 0.1) is 18.0 Å². The van der Waals surface area contributed by atoms with Gasteiger partial charge in [0.2, 0.25) is 0 Å². The number of aromatic nitrogens is 1. The highest BCUT2D eigenvalue weighted by Crippen LogP contribution is 2.17. The number of amides is 1. The lowest BCUT2D eigenvalue weighted by Crippen LogP contribution is -2.14. The Morgan fingerprint density at radius 3 is 2.40 bits per heavy atom. The molecule has 25 heavy (non-hydrogen) atoms. The lowest BCUT2D eigenvalue weighted by molar-refractivity contribution is 0.102. The van der Waals surface area contributed by atoms with Crippen LogP contribution in [0.3, 0.4) is 0 Å². The molecule has 0 atom stereocenters. The molecule has 1 amide bonds. The minimum Gasteiger partial charge on any atom is -0.491 e. The average molecular weight is 341 g/mol. The maximum atomic E-state index is 12.3. The monoisotopic (exact) mass is 341 g/mol. The SMILES string of the molecule is CCCCCNc1ccc(C(=O)Nc2ccc(OC(C)C)cc2)nc1. The van der Waals surface area contributed by atoms with Crippen molar-refractivity contribution in [2.75, 3.05) is 17.2 Å². The summed E-state index contributed by atoms with van der Waals surface area (Å²) in [7, 11) is 0. The number of rotatable bonds is 9. The molecular weight excluding hydrogens is 314 g/mol. The molecule has 0 spiro atoms. The van der Waals surface area contributed by atoms with Crippen molar-refractivity contribution in [3.63, 3.8) is 0 Å². The fourth-order valence-corrected chi connectivity index (χ4v) is 2.32. The van der Waals surface area contributed by atoms with E-state index in [1.165, 1.54) is 12.8 Å². The molecule has 0 aliphatic heterocycles. The molecule has 134 valence electrons. The zero-order valence-corrected chi connectivity index (χ0v) is 15.2. The highest BCUT2D eigenvalue weighted by atomic mass is 16.5. The first-order valence-electron chi connectivity index (χ1n) is 8.86. The fourth-order valence-electron chi connectivity index (χ4n) is 2.32. The first-order chi connectivity index (χ1) is 12.1. The highest BCUT2D eigenvalue weighted by molar-refractivity contribution is 6.02. The van der Waals surface area contributed by atoms with Crippen LogP contribution < -0.4 is 15.4 Å². The quantitative estimate of drug-likeness (QED) is 0.648. The number of hydrogen-bond acceptors (Lipinski definition) is 4. The van der Waals surface area contributed by atoms with Gasteiger partial charge in [-0.1, -0.05) is 19.8 Å². The van der Waals surface area contributed by atoms with Crippen LogP contribution >= 0.6 is 0 Å². The molecule has 2 aromatic rings. The summed E-state index contributed by atoms with van der Waals surface area (Å²) in [6.45, 7) is 7.05. The Morgan fingerprint density at radius 2 is 1.80 bits per heavy atom. The minimum absolute atomic E-state index is 0.124. The molecule has 0 saturated carbocycles. The zero-order chi connectivity index (χ0) is 18.1. The van der Waals surface area contributed by atoms with Gasteiger partial charge in [0.15, 0.2) is 0 Å². The number of unbranched alkanes of at least 4 members (excludes halogenated alkanes) is 2. The second-order valence-corrected chi connectivity index (χ2v) is 6.21. The summed E-state index contributed by atoms with van der Waals surface area (Å²) in [5, 5.41) is 6.15. The van der Waals surface area contributed by atoms with Gasteiger partial charge in [0.25, 0.3) is 5.91 Å². The molecular formula is C20H27N3O2. The van der Waals surface area contributed by atoms with Crippen LogP contribution in [0.25, 0.3) is 0 Å². The Balaban J connectivity index is 1.87. The molecule has 0 unspecified atom stereocenters. The van der Waals surface area contributed by atoms with Crippen LogP contribution in [0.2, 0.25) is 0 Å². The van der Waals surface area contributed by atoms with Crippen LogP contribution in [0.5, 0.6) is 5.75 Å². The van der Waals surface area contributed by atoms with Gasteiger partial charge in [-0.2, -0.15) is 0 Å². The lowest BCUT2D eigenvalue weighted by Gasteiger charge is -2.11. The minimum atomic E-state index is -0.227. The van der Waals surface area contributed by atoms with Gasteiger partial charge in [0.1, 0.15) is 11.4 Å². The number of carbonyl (C=O) groups excluding carboxylic acids is 1. The molecule has 0 saturated heterocycles. The molecule has 5 nitrogen and oxygen atoms in total. The standard InChI is InChI=1S/C20H27N3O2/c1-4-5-6-13-21-17-9-12-19(22-14-17)20(24)23-16-7-10-18(11-8-16)25-15(2)3/h7-12,14-15,21H,4-6,13H2,1-3H3,(H,23,24). The molecule has 0 radical (unpaired) electrons. The smallest absolute Gasteiger partial charge is 0.274 e. The van der Waals surface area contributed by atoms with E-state index in [1.807, 2.05) is 44.2 Å². The third kappa shape index (κ3) is 6.45. The molecule has 5 heteroatoms. The van der Waals surface area contributed by atoms with Crippen LogP contribution in [0.1, 0.15) is 50.5 Å². The molecule has 0 aliphatic rings. The van der Waals surface area contributed by atoms with E-state index >= 15 is 0 Å². The molecule has 0 bridgehead atoms. The van der Waals surface area contributed by atoms with E-state index in [1.54, 1.807) is 12.3 Å². The molecule has 1 aromatic heterocycles. The number of nitrogens with one attached hydrogen (secondary N) is 2. The Morgan fingerprint density at radius 1 is 1.08 bits per heavy atom. The van der Waals surface area contributed by atoms with E-state index < -0.39 is 0 Å².